The molecule has 0 atom stereocenters. The number of aryl methyl sites for hydroxylation is 1. The molecule has 102 valence electrons. The van der Waals surface area contributed by atoms with Crippen molar-refractivity contribution in [1.29, 1.82) is 0 Å². The minimum absolute atomic E-state index is 0.0988. The Kier molecular flexibility index (Phi) is 3.69. The van der Waals surface area contributed by atoms with Crippen molar-refractivity contribution in [2.75, 3.05) is 31.6 Å². The monoisotopic (exact) mass is 260 g/mol. The molecule has 0 aromatic heterocycles. The van der Waals surface area contributed by atoms with E-state index in [0.29, 0.717) is 13.0 Å². The Balaban J connectivity index is 1.56. The zero-order chi connectivity index (χ0) is 13.1. The highest BCUT2D eigenvalue weighted by Gasteiger charge is 2.15. The van der Waals surface area contributed by atoms with E-state index in [0.717, 1.165) is 24.4 Å². The molecule has 0 radical (unpaired) electrons. The molecule has 3 rings (SSSR count). The van der Waals surface area contributed by atoms with Gasteiger partial charge in [-0.25, -0.2) is 0 Å². The Morgan fingerprint density at radius 2 is 2.05 bits per heavy atom. The lowest BCUT2D eigenvalue weighted by Gasteiger charge is -2.19. The molecular weight excluding hydrogens is 240 g/mol. The minimum Gasteiger partial charge on any atom is -0.492 e. The molecule has 4 nitrogen and oxygen atoms in total. The van der Waals surface area contributed by atoms with Crippen molar-refractivity contribution in [3.05, 3.63) is 23.8 Å². The number of likely N-dealkylation sites (tertiary alicyclic amines) is 1. The van der Waals surface area contributed by atoms with Crippen molar-refractivity contribution in [2.45, 2.75) is 25.7 Å². The topological polar surface area (TPSA) is 41.6 Å². The molecule has 19 heavy (non-hydrogen) atoms. The average molecular weight is 260 g/mol. The second-order valence-corrected chi connectivity index (χ2v) is 5.26. The van der Waals surface area contributed by atoms with Crippen LogP contribution in [0.25, 0.3) is 0 Å². The van der Waals surface area contributed by atoms with Crippen LogP contribution in [0.15, 0.2) is 18.2 Å². The van der Waals surface area contributed by atoms with Crippen LogP contribution in [0.4, 0.5) is 5.69 Å². The first-order valence-corrected chi connectivity index (χ1v) is 7.09. The Morgan fingerprint density at radius 3 is 2.89 bits per heavy atom. The van der Waals surface area contributed by atoms with Gasteiger partial charge in [-0.15, -0.1) is 0 Å². The lowest BCUT2D eigenvalue weighted by atomic mass is 10.0. The van der Waals surface area contributed by atoms with Crippen LogP contribution in [-0.2, 0) is 11.2 Å². The number of benzene rings is 1. The highest BCUT2D eigenvalue weighted by atomic mass is 16.5. The summed E-state index contributed by atoms with van der Waals surface area (Å²) in [7, 11) is 0. The normalized spacial score (nSPS) is 19.1. The van der Waals surface area contributed by atoms with Crippen molar-refractivity contribution in [2.24, 2.45) is 0 Å². The van der Waals surface area contributed by atoms with E-state index >= 15 is 0 Å². The first-order chi connectivity index (χ1) is 9.31. The fourth-order valence-electron chi connectivity index (χ4n) is 2.74. The van der Waals surface area contributed by atoms with Gasteiger partial charge in [0.2, 0.25) is 5.91 Å². The highest BCUT2D eigenvalue weighted by Crippen LogP contribution is 2.27. The summed E-state index contributed by atoms with van der Waals surface area (Å²) < 4.78 is 5.78. The number of carbonyl (C=O) groups excluding carboxylic acids is 1. The van der Waals surface area contributed by atoms with Crippen LogP contribution in [-0.4, -0.2) is 37.0 Å². The van der Waals surface area contributed by atoms with Gasteiger partial charge in [-0.05, 0) is 44.0 Å². The average Bonchev–Trinajstić information content (AvgIpc) is 2.91. The first kappa shape index (κ1) is 12.5. The van der Waals surface area contributed by atoms with E-state index in [1.807, 2.05) is 12.1 Å². The molecule has 0 spiro atoms. The highest BCUT2D eigenvalue weighted by molar-refractivity contribution is 5.94. The summed E-state index contributed by atoms with van der Waals surface area (Å²) in [6.45, 7) is 4.10. The maximum atomic E-state index is 11.4. The lowest BCUT2D eigenvalue weighted by molar-refractivity contribution is -0.116. The molecule has 0 aliphatic carbocycles. The minimum atomic E-state index is 0.0988. The van der Waals surface area contributed by atoms with Crippen molar-refractivity contribution < 1.29 is 9.53 Å². The van der Waals surface area contributed by atoms with Gasteiger partial charge >= 0.3 is 0 Å². The molecule has 2 heterocycles. The van der Waals surface area contributed by atoms with Crippen LogP contribution in [0, 0.1) is 0 Å². The predicted molar refractivity (Wildman–Crippen MR) is 74.6 cm³/mol. The molecule has 0 saturated carbocycles. The Bertz CT molecular complexity index is 467. The summed E-state index contributed by atoms with van der Waals surface area (Å²) in [5.74, 6) is 0.946. The number of anilines is 1. The molecule has 1 aromatic carbocycles. The molecule has 1 fully saturated rings. The standard InChI is InChI=1S/C15H20N2O2/c18-15-6-4-12-3-5-13(11-14(12)16-15)19-10-9-17-7-1-2-8-17/h3,5,11H,1-2,4,6-10H2,(H,16,18). The number of ether oxygens (including phenoxy) is 1. The van der Waals surface area contributed by atoms with E-state index in [1.54, 1.807) is 0 Å². The van der Waals surface area contributed by atoms with Crippen LogP contribution in [0.1, 0.15) is 24.8 Å². The van der Waals surface area contributed by atoms with Gasteiger partial charge in [0.25, 0.3) is 0 Å². The van der Waals surface area contributed by atoms with E-state index < -0.39 is 0 Å². The van der Waals surface area contributed by atoms with Crippen molar-refractivity contribution in [3.63, 3.8) is 0 Å². The van der Waals surface area contributed by atoms with Gasteiger partial charge in [0.05, 0.1) is 0 Å². The summed E-state index contributed by atoms with van der Waals surface area (Å²) in [5.41, 5.74) is 2.11. The summed E-state index contributed by atoms with van der Waals surface area (Å²) in [5, 5.41) is 2.90. The molecule has 1 aromatic rings. The second kappa shape index (κ2) is 5.61. The number of rotatable bonds is 4. The van der Waals surface area contributed by atoms with Gasteiger partial charge in [0.1, 0.15) is 12.4 Å². The molecule has 0 unspecified atom stereocenters. The molecule has 1 amide bonds. The first-order valence-electron chi connectivity index (χ1n) is 7.09. The zero-order valence-electron chi connectivity index (χ0n) is 11.2. The summed E-state index contributed by atoms with van der Waals surface area (Å²) in [4.78, 5) is 13.8. The van der Waals surface area contributed by atoms with E-state index in [9.17, 15) is 4.79 Å². The zero-order valence-corrected chi connectivity index (χ0v) is 11.2. The van der Waals surface area contributed by atoms with Crippen LogP contribution < -0.4 is 10.1 Å². The Morgan fingerprint density at radius 1 is 1.21 bits per heavy atom. The number of amides is 1. The van der Waals surface area contributed by atoms with E-state index in [4.69, 9.17) is 4.74 Å². The molecule has 0 bridgehead atoms. The fourth-order valence-corrected chi connectivity index (χ4v) is 2.74. The smallest absolute Gasteiger partial charge is 0.224 e. The SMILES string of the molecule is O=C1CCc2ccc(OCCN3CCCC3)cc2N1. The van der Waals surface area contributed by atoms with Gasteiger partial charge in [0.15, 0.2) is 0 Å². The van der Waals surface area contributed by atoms with Gasteiger partial charge in [-0.3, -0.25) is 9.69 Å². The van der Waals surface area contributed by atoms with Crippen molar-refractivity contribution in [3.8, 4) is 5.75 Å². The maximum Gasteiger partial charge on any atom is 0.224 e. The number of nitrogens with one attached hydrogen (secondary N) is 1. The van der Waals surface area contributed by atoms with E-state index in [2.05, 4.69) is 16.3 Å². The Labute approximate surface area is 113 Å². The number of hydrogen-bond donors (Lipinski definition) is 1. The summed E-state index contributed by atoms with van der Waals surface area (Å²) >= 11 is 0. The number of nitrogens with zero attached hydrogens (tertiary/aromatic N) is 1. The summed E-state index contributed by atoms with van der Waals surface area (Å²) in [6, 6.07) is 6.00. The molecule has 4 heteroatoms. The summed E-state index contributed by atoms with van der Waals surface area (Å²) in [6.07, 6.45) is 4.03. The predicted octanol–water partition coefficient (Wildman–Crippen LogP) is 2.05. The van der Waals surface area contributed by atoms with Gasteiger partial charge in [0, 0.05) is 24.7 Å². The number of fused-ring (bicyclic) bond motifs is 1. The quantitative estimate of drug-likeness (QED) is 0.901. The molecule has 2 aliphatic rings. The van der Waals surface area contributed by atoms with Crippen LogP contribution in [0.5, 0.6) is 5.75 Å². The van der Waals surface area contributed by atoms with Crippen LogP contribution >= 0.6 is 0 Å². The third-order valence-electron chi connectivity index (χ3n) is 3.85. The molecule has 1 N–H and O–H groups in total. The number of hydrogen-bond acceptors (Lipinski definition) is 3. The number of carbonyl (C=O) groups is 1. The van der Waals surface area contributed by atoms with Crippen LogP contribution in [0.2, 0.25) is 0 Å². The third-order valence-corrected chi connectivity index (χ3v) is 3.85. The van der Waals surface area contributed by atoms with Gasteiger partial charge in [-0.2, -0.15) is 0 Å². The van der Waals surface area contributed by atoms with E-state index in [1.165, 1.54) is 31.5 Å². The molecular formula is C15H20N2O2. The maximum absolute atomic E-state index is 11.4. The van der Waals surface area contributed by atoms with Crippen LogP contribution in [0.3, 0.4) is 0 Å². The molecule has 1 saturated heterocycles. The van der Waals surface area contributed by atoms with Crippen molar-refractivity contribution >= 4 is 11.6 Å². The lowest BCUT2D eigenvalue weighted by Crippen LogP contribution is -2.25. The van der Waals surface area contributed by atoms with E-state index in [-0.39, 0.29) is 5.91 Å². The Hall–Kier alpha value is -1.55. The van der Waals surface area contributed by atoms with Gasteiger partial charge < -0.3 is 10.1 Å². The molecule has 2 aliphatic heterocycles. The fraction of sp³-hybridized carbons (Fsp3) is 0.533. The van der Waals surface area contributed by atoms with Gasteiger partial charge in [-0.1, -0.05) is 6.07 Å². The third kappa shape index (κ3) is 3.07. The van der Waals surface area contributed by atoms with Crippen molar-refractivity contribution in [1.82, 2.24) is 4.90 Å². The largest absolute Gasteiger partial charge is 0.492 e. The second-order valence-electron chi connectivity index (χ2n) is 5.26.